The Hall–Kier alpha value is 2.17. The molecular formula is C4H8Cl6Si2. The summed E-state index contributed by atoms with van der Waals surface area (Å²) in [6, 6.07) is -3.61. The summed E-state index contributed by atoms with van der Waals surface area (Å²) in [5.74, 6) is 0. The predicted molar refractivity (Wildman–Crippen MR) is 65.5 cm³/mol. The Balaban J connectivity index is 3.35. The molecule has 0 heterocycles. The Morgan fingerprint density at radius 2 is 0.833 bits per heavy atom. The summed E-state index contributed by atoms with van der Waals surface area (Å²) in [7, 11) is 0. The molecule has 0 unspecified atom stereocenters. The van der Waals surface area contributed by atoms with Gasteiger partial charge in [0.1, 0.15) is 0 Å². The van der Waals surface area contributed by atoms with Gasteiger partial charge in [-0.05, 0) is 12.1 Å². The Morgan fingerprint density at radius 1 is 0.583 bits per heavy atom. The first-order chi connectivity index (χ1) is 5.21. The topological polar surface area (TPSA) is 0 Å². The van der Waals surface area contributed by atoms with Gasteiger partial charge in [0.2, 0.25) is 0 Å². The van der Waals surface area contributed by atoms with Crippen LogP contribution in [0.1, 0.15) is 12.8 Å². The molecule has 0 spiro atoms. The fourth-order valence-corrected chi connectivity index (χ4v) is 4.36. The SMILES string of the molecule is Cl[Si](Cl)(Cl)CCCC[Si](Cl)(Cl)Cl. The average Bonchev–Trinajstić information content (AvgIpc) is 1.76. The molecule has 0 N–H and O–H groups in total. The summed E-state index contributed by atoms with van der Waals surface area (Å²) in [6.45, 7) is 0. The lowest BCUT2D eigenvalue weighted by Gasteiger charge is -2.09. The molecule has 0 bridgehead atoms. The van der Waals surface area contributed by atoms with Crippen molar-refractivity contribution in [3.05, 3.63) is 0 Å². The second-order valence-electron chi connectivity index (χ2n) is 2.44. The van der Waals surface area contributed by atoms with Gasteiger partial charge in [-0.15, -0.1) is 66.5 Å². The van der Waals surface area contributed by atoms with E-state index in [0.29, 0.717) is 12.1 Å². The molecule has 12 heavy (non-hydrogen) atoms. The molecule has 74 valence electrons. The van der Waals surface area contributed by atoms with E-state index in [2.05, 4.69) is 0 Å². The highest BCUT2D eigenvalue weighted by molar-refractivity contribution is 7.65. The van der Waals surface area contributed by atoms with Gasteiger partial charge in [0, 0.05) is 0 Å². The van der Waals surface area contributed by atoms with E-state index in [4.69, 9.17) is 66.5 Å². The van der Waals surface area contributed by atoms with Crippen molar-refractivity contribution >= 4 is 78.5 Å². The maximum atomic E-state index is 5.67. The maximum absolute atomic E-state index is 5.67. The molecule has 8 heteroatoms. The van der Waals surface area contributed by atoms with E-state index in [1.807, 2.05) is 0 Å². The normalized spacial score (nSPS) is 13.5. The van der Waals surface area contributed by atoms with E-state index in [1.54, 1.807) is 0 Å². The molecule has 0 aromatic carbocycles. The molecule has 0 aliphatic carbocycles. The Kier molecular flexibility index (Phi) is 6.98. The van der Waals surface area contributed by atoms with Gasteiger partial charge in [-0.3, -0.25) is 0 Å². The van der Waals surface area contributed by atoms with Crippen molar-refractivity contribution in [3.63, 3.8) is 0 Å². The zero-order valence-electron chi connectivity index (χ0n) is 6.10. The number of halogens is 6. The first kappa shape index (κ1) is 14.2. The molecule has 0 amide bonds. The monoisotopic (exact) mass is 322 g/mol. The summed E-state index contributed by atoms with van der Waals surface area (Å²) in [5.41, 5.74) is 0. The Labute approximate surface area is 103 Å². The second-order valence-corrected chi connectivity index (χ2v) is 21.0. The molecule has 0 aromatic rings. The number of hydrogen-bond acceptors (Lipinski definition) is 0. The summed E-state index contributed by atoms with van der Waals surface area (Å²) >= 11 is 34.0. The van der Waals surface area contributed by atoms with E-state index in [-0.39, 0.29) is 0 Å². The summed E-state index contributed by atoms with van der Waals surface area (Å²) < 4.78 is 0. The van der Waals surface area contributed by atoms with Crippen LogP contribution in [0.5, 0.6) is 0 Å². The molecule has 0 atom stereocenters. The standard InChI is InChI=1S/C4H8Cl6Si2/c5-11(6,7)3-1-2-4-12(8,9)10/h1-4H2. The maximum Gasteiger partial charge on any atom is 0.341 e. The molecule has 0 aliphatic heterocycles. The zero-order valence-corrected chi connectivity index (χ0v) is 12.6. The quantitative estimate of drug-likeness (QED) is 0.376. The minimum absolute atomic E-state index is 0.646. The average molecular weight is 325 g/mol. The fraction of sp³-hybridized carbons (Fsp3) is 1.00. The van der Waals surface area contributed by atoms with Gasteiger partial charge < -0.3 is 0 Å². The lowest BCUT2D eigenvalue weighted by Crippen LogP contribution is -2.11. The van der Waals surface area contributed by atoms with Gasteiger partial charge in [-0.25, -0.2) is 0 Å². The van der Waals surface area contributed by atoms with Gasteiger partial charge in [-0.1, -0.05) is 12.8 Å². The van der Waals surface area contributed by atoms with Crippen molar-refractivity contribution in [2.45, 2.75) is 24.9 Å². The summed E-state index contributed by atoms with van der Waals surface area (Å²) in [5, 5.41) is 0. The fourth-order valence-electron chi connectivity index (χ4n) is 0.651. The van der Waals surface area contributed by atoms with Crippen LogP contribution in [0.2, 0.25) is 12.1 Å². The predicted octanol–water partition coefficient (Wildman–Crippen LogP) is 5.08. The van der Waals surface area contributed by atoms with Crippen molar-refractivity contribution in [1.29, 1.82) is 0 Å². The first-order valence-corrected chi connectivity index (χ1v) is 13.8. The summed E-state index contributed by atoms with van der Waals surface area (Å²) in [4.78, 5) is 0. The third-order valence-electron chi connectivity index (χ3n) is 1.17. The van der Waals surface area contributed by atoms with E-state index < -0.39 is 12.0 Å². The highest BCUT2D eigenvalue weighted by Crippen LogP contribution is 2.31. The number of rotatable bonds is 5. The van der Waals surface area contributed by atoms with E-state index in [0.717, 1.165) is 12.8 Å². The molecule has 0 rings (SSSR count). The van der Waals surface area contributed by atoms with Crippen LogP contribution in [-0.4, -0.2) is 12.0 Å². The highest BCUT2D eigenvalue weighted by atomic mass is 35.8. The minimum atomic E-state index is -2.45. The first-order valence-electron chi connectivity index (χ1n) is 3.34. The van der Waals surface area contributed by atoms with Gasteiger partial charge in [0.05, 0.1) is 0 Å². The second kappa shape index (κ2) is 5.91. The molecule has 0 nitrogen and oxygen atoms in total. The van der Waals surface area contributed by atoms with Crippen LogP contribution >= 0.6 is 66.5 Å². The third kappa shape index (κ3) is 12.2. The van der Waals surface area contributed by atoms with Crippen molar-refractivity contribution in [2.24, 2.45) is 0 Å². The highest BCUT2D eigenvalue weighted by Gasteiger charge is 2.27. The minimum Gasteiger partial charge on any atom is -0.126 e. The lowest BCUT2D eigenvalue weighted by atomic mass is 10.4. The summed E-state index contributed by atoms with van der Waals surface area (Å²) in [6.07, 6.45) is 1.67. The van der Waals surface area contributed by atoms with Crippen LogP contribution in [0.15, 0.2) is 0 Å². The Bertz CT molecular complexity index is 110. The molecule has 0 aliphatic rings. The smallest absolute Gasteiger partial charge is 0.126 e. The van der Waals surface area contributed by atoms with Crippen LogP contribution < -0.4 is 0 Å². The zero-order chi connectivity index (χ0) is 9.83. The van der Waals surface area contributed by atoms with Crippen LogP contribution in [-0.2, 0) is 0 Å². The van der Waals surface area contributed by atoms with Crippen molar-refractivity contribution in [2.75, 3.05) is 0 Å². The Morgan fingerprint density at radius 3 is 1.00 bits per heavy atom. The van der Waals surface area contributed by atoms with Crippen LogP contribution in [0.25, 0.3) is 0 Å². The van der Waals surface area contributed by atoms with Crippen molar-refractivity contribution < 1.29 is 0 Å². The molecule has 0 saturated heterocycles. The van der Waals surface area contributed by atoms with Crippen LogP contribution in [0, 0.1) is 0 Å². The third-order valence-corrected chi connectivity index (χ3v) is 6.41. The van der Waals surface area contributed by atoms with Gasteiger partial charge in [0.15, 0.2) is 0 Å². The van der Waals surface area contributed by atoms with Crippen LogP contribution in [0.4, 0.5) is 0 Å². The van der Waals surface area contributed by atoms with Crippen LogP contribution in [0.3, 0.4) is 0 Å². The molecule has 0 fully saturated rings. The number of hydrogen-bond donors (Lipinski definition) is 0. The largest absolute Gasteiger partial charge is 0.341 e. The van der Waals surface area contributed by atoms with Gasteiger partial charge >= 0.3 is 12.0 Å². The van der Waals surface area contributed by atoms with Crippen molar-refractivity contribution in [3.8, 4) is 0 Å². The molecule has 0 radical (unpaired) electrons. The van der Waals surface area contributed by atoms with Gasteiger partial charge in [0.25, 0.3) is 0 Å². The lowest BCUT2D eigenvalue weighted by molar-refractivity contribution is 0.873. The molecular weight excluding hydrogens is 317 g/mol. The van der Waals surface area contributed by atoms with E-state index in [1.165, 1.54) is 0 Å². The number of unbranched alkanes of at least 4 members (excludes halogenated alkanes) is 1. The molecule has 0 aromatic heterocycles. The molecule has 0 saturated carbocycles. The van der Waals surface area contributed by atoms with Crippen molar-refractivity contribution in [1.82, 2.24) is 0 Å². The van der Waals surface area contributed by atoms with Gasteiger partial charge in [-0.2, -0.15) is 0 Å². The van der Waals surface area contributed by atoms with E-state index >= 15 is 0 Å². The van der Waals surface area contributed by atoms with E-state index in [9.17, 15) is 0 Å².